The predicted molar refractivity (Wildman–Crippen MR) is 79.8 cm³/mol. The summed E-state index contributed by atoms with van der Waals surface area (Å²) in [5.74, 6) is 0.575. The standard InChI is InChI=1S/C18H20/c1-18(2,3)12-15-11-10-14-9-8-13-6-4-5-7-16(13)17(14)15/h4-11,15H,12H2,1-3H3. The van der Waals surface area contributed by atoms with Gasteiger partial charge in [-0.05, 0) is 33.7 Å². The summed E-state index contributed by atoms with van der Waals surface area (Å²) in [5, 5.41) is 2.79. The van der Waals surface area contributed by atoms with E-state index in [2.05, 4.69) is 69.3 Å². The molecule has 1 aliphatic rings. The average Bonchev–Trinajstić information content (AvgIpc) is 2.70. The monoisotopic (exact) mass is 236 g/mol. The Morgan fingerprint density at radius 3 is 2.56 bits per heavy atom. The first kappa shape index (κ1) is 11.5. The Balaban J connectivity index is 2.13. The first-order valence-electron chi connectivity index (χ1n) is 6.74. The van der Waals surface area contributed by atoms with Gasteiger partial charge >= 0.3 is 0 Å². The number of rotatable bonds is 1. The Bertz CT molecular complexity index is 611. The SMILES string of the molecule is CC(C)(C)CC1C=Cc2ccc3ccccc3c21. The van der Waals surface area contributed by atoms with Crippen molar-refractivity contribution in [1.29, 1.82) is 0 Å². The third-order valence-electron chi connectivity index (χ3n) is 3.72. The second kappa shape index (κ2) is 3.98. The van der Waals surface area contributed by atoms with Gasteiger partial charge < -0.3 is 0 Å². The van der Waals surface area contributed by atoms with Crippen molar-refractivity contribution in [2.24, 2.45) is 5.41 Å². The smallest absolute Gasteiger partial charge is 0.00383 e. The first-order chi connectivity index (χ1) is 8.54. The van der Waals surface area contributed by atoms with Crippen LogP contribution in [0.5, 0.6) is 0 Å². The molecular weight excluding hydrogens is 216 g/mol. The molecule has 0 N–H and O–H groups in total. The highest BCUT2D eigenvalue weighted by atomic mass is 14.3. The summed E-state index contributed by atoms with van der Waals surface area (Å²) < 4.78 is 0. The highest BCUT2D eigenvalue weighted by Crippen LogP contribution is 2.41. The molecule has 92 valence electrons. The van der Waals surface area contributed by atoms with Crippen LogP contribution in [0.1, 0.15) is 44.2 Å². The van der Waals surface area contributed by atoms with Crippen LogP contribution in [0.15, 0.2) is 42.5 Å². The van der Waals surface area contributed by atoms with E-state index in [1.807, 2.05) is 0 Å². The van der Waals surface area contributed by atoms with E-state index < -0.39 is 0 Å². The van der Waals surface area contributed by atoms with Crippen LogP contribution in [-0.2, 0) is 0 Å². The average molecular weight is 236 g/mol. The van der Waals surface area contributed by atoms with E-state index >= 15 is 0 Å². The van der Waals surface area contributed by atoms with Gasteiger partial charge in [-0.1, -0.05) is 69.3 Å². The first-order valence-corrected chi connectivity index (χ1v) is 6.74. The van der Waals surface area contributed by atoms with Gasteiger partial charge in [0, 0.05) is 5.92 Å². The van der Waals surface area contributed by atoms with Crippen LogP contribution in [0.25, 0.3) is 16.8 Å². The van der Waals surface area contributed by atoms with Crippen LogP contribution in [0.4, 0.5) is 0 Å². The highest BCUT2D eigenvalue weighted by molar-refractivity contribution is 5.91. The van der Waals surface area contributed by atoms with Gasteiger partial charge in [-0.25, -0.2) is 0 Å². The number of fused-ring (bicyclic) bond motifs is 3. The molecule has 0 saturated heterocycles. The molecule has 2 aromatic rings. The molecule has 1 aliphatic carbocycles. The summed E-state index contributed by atoms with van der Waals surface area (Å²) in [6, 6.07) is 13.2. The van der Waals surface area contributed by atoms with Crippen molar-refractivity contribution in [2.45, 2.75) is 33.1 Å². The van der Waals surface area contributed by atoms with Crippen LogP contribution in [0.2, 0.25) is 0 Å². The zero-order chi connectivity index (χ0) is 12.8. The summed E-state index contributed by atoms with van der Waals surface area (Å²) in [6.07, 6.45) is 5.88. The minimum Gasteiger partial charge on any atom is -0.0763 e. The zero-order valence-electron chi connectivity index (χ0n) is 11.4. The van der Waals surface area contributed by atoms with E-state index in [9.17, 15) is 0 Å². The summed E-state index contributed by atoms with van der Waals surface area (Å²) >= 11 is 0. The molecule has 0 aliphatic heterocycles. The third-order valence-corrected chi connectivity index (χ3v) is 3.72. The van der Waals surface area contributed by atoms with E-state index in [1.54, 1.807) is 0 Å². The molecule has 0 heteroatoms. The quantitative estimate of drug-likeness (QED) is 0.623. The molecule has 1 unspecified atom stereocenters. The highest BCUT2D eigenvalue weighted by Gasteiger charge is 2.24. The lowest BCUT2D eigenvalue weighted by molar-refractivity contribution is 0.363. The lowest BCUT2D eigenvalue weighted by Gasteiger charge is -2.23. The fourth-order valence-electron chi connectivity index (χ4n) is 3.02. The number of allylic oxidation sites excluding steroid dienone is 1. The van der Waals surface area contributed by atoms with E-state index in [4.69, 9.17) is 0 Å². The van der Waals surface area contributed by atoms with Gasteiger partial charge in [0.2, 0.25) is 0 Å². The maximum Gasteiger partial charge on any atom is 0.00383 e. The van der Waals surface area contributed by atoms with E-state index in [0.29, 0.717) is 11.3 Å². The van der Waals surface area contributed by atoms with E-state index in [0.717, 1.165) is 0 Å². The Morgan fingerprint density at radius 1 is 1.00 bits per heavy atom. The van der Waals surface area contributed by atoms with Gasteiger partial charge in [-0.3, -0.25) is 0 Å². The number of hydrogen-bond acceptors (Lipinski definition) is 0. The molecule has 0 fully saturated rings. The normalized spacial score (nSPS) is 18.3. The molecule has 0 bridgehead atoms. The summed E-state index contributed by atoms with van der Waals surface area (Å²) in [5.41, 5.74) is 3.30. The van der Waals surface area contributed by atoms with Crippen molar-refractivity contribution >= 4 is 16.8 Å². The number of hydrogen-bond donors (Lipinski definition) is 0. The zero-order valence-corrected chi connectivity index (χ0v) is 11.4. The van der Waals surface area contributed by atoms with Crippen LogP contribution in [0, 0.1) is 5.41 Å². The van der Waals surface area contributed by atoms with Crippen molar-refractivity contribution in [3.8, 4) is 0 Å². The number of benzene rings is 2. The molecule has 0 aromatic heterocycles. The van der Waals surface area contributed by atoms with Crippen molar-refractivity contribution in [3.05, 3.63) is 53.6 Å². The Hall–Kier alpha value is -1.56. The van der Waals surface area contributed by atoms with E-state index in [-0.39, 0.29) is 0 Å². The summed E-state index contributed by atoms with van der Waals surface area (Å²) in [7, 11) is 0. The minimum absolute atomic E-state index is 0.369. The molecule has 0 heterocycles. The molecule has 0 radical (unpaired) electrons. The lowest BCUT2D eigenvalue weighted by atomic mass is 9.81. The van der Waals surface area contributed by atoms with E-state index in [1.165, 1.54) is 28.3 Å². The third kappa shape index (κ3) is 1.96. The van der Waals surface area contributed by atoms with Gasteiger partial charge in [0.25, 0.3) is 0 Å². The van der Waals surface area contributed by atoms with Gasteiger partial charge in [0.1, 0.15) is 0 Å². The van der Waals surface area contributed by atoms with Gasteiger partial charge in [0.15, 0.2) is 0 Å². The Labute approximate surface area is 109 Å². The molecule has 0 amide bonds. The lowest BCUT2D eigenvalue weighted by Crippen LogP contribution is -2.10. The minimum atomic E-state index is 0.369. The molecule has 2 aromatic carbocycles. The maximum atomic E-state index is 2.38. The van der Waals surface area contributed by atoms with Gasteiger partial charge in [-0.2, -0.15) is 0 Å². The van der Waals surface area contributed by atoms with Crippen molar-refractivity contribution in [2.75, 3.05) is 0 Å². The van der Waals surface area contributed by atoms with Crippen LogP contribution >= 0.6 is 0 Å². The maximum absolute atomic E-state index is 2.38. The molecular formula is C18H20. The summed E-state index contributed by atoms with van der Waals surface area (Å²) in [6.45, 7) is 6.97. The second-order valence-electron chi connectivity index (χ2n) is 6.52. The van der Waals surface area contributed by atoms with Crippen molar-refractivity contribution in [3.63, 3.8) is 0 Å². The van der Waals surface area contributed by atoms with Crippen LogP contribution in [-0.4, -0.2) is 0 Å². The molecule has 0 spiro atoms. The van der Waals surface area contributed by atoms with Crippen LogP contribution in [0.3, 0.4) is 0 Å². The fourth-order valence-corrected chi connectivity index (χ4v) is 3.02. The summed E-state index contributed by atoms with van der Waals surface area (Å²) in [4.78, 5) is 0. The topological polar surface area (TPSA) is 0 Å². The fraction of sp³-hybridized carbons (Fsp3) is 0.333. The molecule has 0 nitrogen and oxygen atoms in total. The van der Waals surface area contributed by atoms with Crippen molar-refractivity contribution < 1.29 is 0 Å². The molecule has 0 saturated carbocycles. The van der Waals surface area contributed by atoms with Crippen molar-refractivity contribution in [1.82, 2.24) is 0 Å². The Kier molecular flexibility index (Phi) is 2.55. The largest absolute Gasteiger partial charge is 0.0763 e. The molecule has 1 atom stereocenters. The molecule has 18 heavy (non-hydrogen) atoms. The van der Waals surface area contributed by atoms with Crippen LogP contribution < -0.4 is 0 Å². The molecule has 3 rings (SSSR count). The van der Waals surface area contributed by atoms with Gasteiger partial charge in [-0.15, -0.1) is 0 Å². The predicted octanol–water partition coefficient (Wildman–Crippen LogP) is 5.39. The second-order valence-corrected chi connectivity index (χ2v) is 6.52. The van der Waals surface area contributed by atoms with Gasteiger partial charge in [0.05, 0.1) is 0 Å². The Morgan fingerprint density at radius 2 is 1.78 bits per heavy atom.